The van der Waals surface area contributed by atoms with Gasteiger partial charge >= 0.3 is 13.2 Å². The lowest BCUT2D eigenvalue weighted by atomic mass is 10.1. The highest BCUT2D eigenvalue weighted by Crippen LogP contribution is 2.28. The molecule has 1 saturated heterocycles. The molecule has 1 aromatic carbocycles. The van der Waals surface area contributed by atoms with Gasteiger partial charge in [0.15, 0.2) is 0 Å². The van der Waals surface area contributed by atoms with Crippen LogP contribution in [0, 0.1) is 0 Å². The van der Waals surface area contributed by atoms with Crippen molar-refractivity contribution in [2.75, 3.05) is 32.8 Å². The molecular formula is C19H24F4N2O4. The van der Waals surface area contributed by atoms with Crippen molar-refractivity contribution in [1.82, 2.24) is 10.2 Å². The predicted molar refractivity (Wildman–Crippen MR) is 98.2 cm³/mol. The van der Waals surface area contributed by atoms with Gasteiger partial charge in [0.05, 0.1) is 13.2 Å². The third kappa shape index (κ3) is 8.70. The van der Waals surface area contributed by atoms with E-state index in [1.165, 1.54) is 24.3 Å². The van der Waals surface area contributed by atoms with E-state index in [-0.39, 0.29) is 23.1 Å². The van der Waals surface area contributed by atoms with E-state index >= 15 is 0 Å². The molecule has 1 heterocycles. The first kappa shape index (κ1) is 23.0. The Morgan fingerprint density at radius 1 is 1.21 bits per heavy atom. The number of halogens is 4. The molecule has 0 radical (unpaired) electrons. The molecule has 0 saturated carbocycles. The number of hydrogen-bond donors (Lipinski definition) is 1. The van der Waals surface area contributed by atoms with Gasteiger partial charge in [0, 0.05) is 43.4 Å². The Balaban J connectivity index is 1.91. The maximum Gasteiger partial charge on any atom is 0.387 e. The summed E-state index contributed by atoms with van der Waals surface area (Å²) in [4.78, 5) is 14.3. The van der Waals surface area contributed by atoms with Crippen LogP contribution in [0.4, 0.5) is 17.6 Å². The zero-order valence-corrected chi connectivity index (χ0v) is 16.0. The third-order valence-electron chi connectivity index (χ3n) is 4.21. The highest BCUT2D eigenvalue weighted by Gasteiger charge is 2.14. The summed E-state index contributed by atoms with van der Waals surface area (Å²) in [6.07, 6.45) is 3.19. The summed E-state index contributed by atoms with van der Waals surface area (Å²) in [5.74, 6) is -1.10. The van der Waals surface area contributed by atoms with Crippen LogP contribution in [0.3, 0.4) is 0 Å². The summed E-state index contributed by atoms with van der Waals surface area (Å²) in [5, 5.41) is 2.79. The SMILES string of the molecule is CC(CCN1CCOCC1)NC(=O)/C=C/c1ccc(OC(F)F)cc1OC(F)F. The number of benzene rings is 1. The quantitative estimate of drug-likeness (QED) is 0.466. The number of carbonyl (C=O) groups excluding carboxylic acids is 1. The second kappa shape index (κ2) is 11.6. The molecule has 0 aliphatic carbocycles. The van der Waals surface area contributed by atoms with Gasteiger partial charge in [-0.15, -0.1) is 0 Å². The van der Waals surface area contributed by atoms with Gasteiger partial charge in [-0.25, -0.2) is 0 Å². The molecule has 6 nitrogen and oxygen atoms in total. The lowest BCUT2D eigenvalue weighted by molar-refractivity contribution is -0.117. The fourth-order valence-electron chi connectivity index (χ4n) is 2.76. The number of carbonyl (C=O) groups is 1. The number of morpholine rings is 1. The molecule has 0 spiro atoms. The highest BCUT2D eigenvalue weighted by atomic mass is 19.3. The Morgan fingerprint density at radius 2 is 1.90 bits per heavy atom. The minimum absolute atomic E-state index is 0.0893. The van der Waals surface area contributed by atoms with Crippen LogP contribution in [-0.4, -0.2) is 62.9 Å². The van der Waals surface area contributed by atoms with Crippen molar-refractivity contribution in [2.24, 2.45) is 0 Å². The standard InChI is InChI=1S/C19H24F4N2O4/c1-13(6-7-25-8-10-27-11-9-25)24-17(26)5-3-14-2-4-15(28-18(20)21)12-16(14)29-19(22)23/h2-5,12-13,18-19H,6-11H2,1H3,(H,24,26)/b5-3+. The molecule has 10 heteroatoms. The summed E-state index contributed by atoms with van der Waals surface area (Å²) >= 11 is 0. The molecule has 0 aromatic heterocycles. The number of alkyl halides is 4. The Labute approximate surface area is 166 Å². The molecule has 1 unspecified atom stereocenters. The number of rotatable bonds is 10. The first-order valence-corrected chi connectivity index (χ1v) is 9.16. The van der Waals surface area contributed by atoms with Crippen LogP contribution in [-0.2, 0) is 9.53 Å². The Kier molecular flexibility index (Phi) is 9.20. The van der Waals surface area contributed by atoms with Crippen LogP contribution in [0.15, 0.2) is 24.3 Å². The fourth-order valence-corrected chi connectivity index (χ4v) is 2.76. The molecule has 1 atom stereocenters. The van der Waals surface area contributed by atoms with E-state index in [0.29, 0.717) is 13.2 Å². The second-order valence-electron chi connectivity index (χ2n) is 6.44. The van der Waals surface area contributed by atoms with E-state index in [2.05, 4.69) is 19.7 Å². The minimum atomic E-state index is -3.15. The van der Waals surface area contributed by atoms with Gasteiger partial charge in [-0.3, -0.25) is 9.69 Å². The van der Waals surface area contributed by atoms with Crippen LogP contribution in [0.5, 0.6) is 11.5 Å². The van der Waals surface area contributed by atoms with Crippen molar-refractivity contribution >= 4 is 12.0 Å². The first-order chi connectivity index (χ1) is 13.8. The van der Waals surface area contributed by atoms with Crippen LogP contribution in [0.25, 0.3) is 6.08 Å². The van der Waals surface area contributed by atoms with Crippen molar-refractivity contribution in [3.8, 4) is 11.5 Å². The van der Waals surface area contributed by atoms with E-state index in [9.17, 15) is 22.4 Å². The third-order valence-corrected chi connectivity index (χ3v) is 4.21. The molecule has 1 aromatic rings. The molecule has 29 heavy (non-hydrogen) atoms. The maximum absolute atomic E-state index is 12.6. The van der Waals surface area contributed by atoms with E-state index in [4.69, 9.17) is 4.74 Å². The maximum atomic E-state index is 12.6. The highest BCUT2D eigenvalue weighted by molar-refractivity contribution is 5.92. The predicted octanol–water partition coefficient (Wildman–Crippen LogP) is 3.13. The van der Waals surface area contributed by atoms with Crippen molar-refractivity contribution < 1.29 is 36.6 Å². The number of hydrogen-bond acceptors (Lipinski definition) is 5. The zero-order valence-electron chi connectivity index (χ0n) is 16.0. The number of nitrogens with one attached hydrogen (secondary N) is 1. The molecule has 1 amide bonds. The molecule has 162 valence electrons. The molecular weight excluding hydrogens is 396 g/mol. The van der Waals surface area contributed by atoms with E-state index < -0.39 is 19.1 Å². The number of amides is 1. The van der Waals surface area contributed by atoms with Gasteiger partial charge in [-0.1, -0.05) is 0 Å². The van der Waals surface area contributed by atoms with Crippen molar-refractivity contribution in [3.63, 3.8) is 0 Å². The number of nitrogens with zero attached hydrogens (tertiary/aromatic N) is 1. The van der Waals surface area contributed by atoms with Crippen molar-refractivity contribution in [1.29, 1.82) is 0 Å². The molecule has 1 N–H and O–H groups in total. The monoisotopic (exact) mass is 420 g/mol. The fraction of sp³-hybridized carbons (Fsp3) is 0.526. The number of ether oxygens (including phenoxy) is 3. The van der Waals surface area contributed by atoms with Crippen molar-refractivity contribution in [2.45, 2.75) is 32.6 Å². The van der Waals surface area contributed by atoms with Gasteiger partial charge in [0.25, 0.3) is 0 Å². The lowest BCUT2D eigenvalue weighted by Gasteiger charge is -2.27. The summed E-state index contributed by atoms with van der Waals surface area (Å²) in [6, 6.07) is 3.25. The Bertz CT molecular complexity index is 682. The average Bonchev–Trinajstić information content (AvgIpc) is 2.65. The molecule has 0 bridgehead atoms. The summed E-state index contributed by atoms with van der Waals surface area (Å²) in [5.41, 5.74) is 0.128. The van der Waals surface area contributed by atoms with Gasteiger partial charge in [0.1, 0.15) is 11.5 Å². The van der Waals surface area contributed by atoms with Crippen LogP contribution in [0.1, 0.15) is 18.9 Å². The van der Waals surface area contributed by atoms with Crippen LogP contribution < -0.4 is 14.8 Å². The molecule has 1 aliphatic rings. The Morgan fingerprint density at radius 3 is 2.55 bits per heavy atom. The van der Waals surface area contributed by atoms with Crippen molar-refractivity contribution in [3.05, 3.63) is 29.8 Å². The van der Waals surface area contributed by atoms with Gasteiger partial charge in [-0.05, 0) is 31.6 Å². The largest absolute Gasteiger partial charge is 0.435 e. The van der Waals surface area contributed by atoms with Gasteiger partial charge in [0.2, 0.25) is 5.91 Å². The first-order valence-electron chi connectivity index (χ1n) is 9.16. The van der Waals surface area contributed by atoms with E-state index in [1.54, 1.807) is 0 Å². The van der Waals surface area contributed by atoms with Gasteiger partial charge < -0.3 is 19.5 Å². The van der Waals surface area contributed by atoms with Gasteiger partial charge in [-0.2, -0.15) is 17.6 Å². The zero-order chi connectivity index (χ0) is 21.2. The molecule has 1 fully saturated rings. The lowest BCUT2D eigenvalue weighted by Crippen LogP contribution is -2.40. The minimum Gasteiger partial charge on any atom is -0.435 e. The molecule has 2 rings (SSSR count). The van der Waals surface area contributed by atoms with E-state index in [1.807, 2.05) is 6.92 Å². The smallest absolute Gasteiger partial charge is 0.387 e. The summed E-state index contributed by atoms with van der Waals surface area (Å²) in [7, 11) is 0. The summed E-state index contributed by atoms with van der Waals surface area (Å²) in [6.45, 7) is -0.433. The average molecular weight is 420 g/mol. The van der Waals surface area contributed by atoms with E-state index in [0.717, 1.165) is 32.1 Å². The second-order valence-corrected chi connectivity index (χ2v) is 6.44. The topological polar surface area (TPSA) is 60.0 Å². The van der Waals surface area contributed by atoms with Crippen LogP contribution >= 0.6 is 0 Å². The molecule has 1 aliphatic heterocycles. The summed E-state index contributed by atoms with van der Waals surface area (Å²) < 4.78 is 63.5. The normalized spacial score (nSPS) is 16.4. The Hall–Kier alpha value is -2.33. The van der Waals surface area contributed by atoms with Crippen LogP contribution in [0.2, 0.25) is 0 Å².